The average molecular weight is 293 g/mol. The van der Waals surface area contributed by atoms with Crippen molar-refractivity contribution in [1.29, 1.82) is 0 Å². The van der Waals surface area contributed by atoms with Crippen molar-refractivity contribution in [2.75, 3.05) is 26.4 Å². The Labute approximate surface area is 127 Å². The molecule has 1 aromatic carbocycles. The van der Waals surface area contributed by atoms with Gasteiger partial charge in [-0.15, -0.1) is 0 Å². The molecule has 4 nitrogen and oxygen atoms in total. The smallest absolute Gasteiger partial charge is 0.0897 e. The summed E-state index contributed by atoms with van der Waals surface area (Å²) in [6.07, 6.45) is 1.92. The van der Waals surface area contributed by atoms with Crippen LogP contribution < -0.4 is 5.32 Å². The van der Waals surface area contributed by atoms with Crippen molar-refractivity contribution in [2.45, 2.75) is 44.9 Å². The Hall–Kier alpha value is -0.940. The standard InChI is InChI=1S/C17H27NO3/c1-13-5-7-15(8-6-13)14(2)18-10-16(19)11-20-12-17-4-3-9-21-17/h5-8,14,16-19H,3-4,9-12H2,1-2H3. The minimum Gasteiger partial charge on any atom is -0.389 e. The van der Waals surface area contributed by atoms with E-state index in [2.05, 4.69) is 43.4 Å². The highest BCUT2D eigenvalue weighted by Gasteiger charge is 2.16. The number of hydrogen-bond donors (Lipinski definition) is 2. The van der Waals surface area contributed by atoms with Crippen LogP contribution in [0, 0.1) is 6.92 Å². The van der Waals surface area contributed by atoms with Crippen molar-refractivity contribution in [3.8, 4) is 0 Å². The summed E-state index contributed by atoms with van der Waals surface area (Å²) in [5.74, 6) is 0. The molecule has 2 N–H and O–H groups in total. The van der Waals surface area contributed by atoms with Crippen LogP contribution in [0.3, 0.4) is 0 Å². The Morgan fingerprint density at radius 1 is 1.38 bits per heavy atom. The zero-order chi connectivity index (χ0) is 15.1. The zero-order valence-electron chi connectivity index (χ0n) is 13.0. The molecule has 118 valence electrons. The minimum atomic E-state index is -0.487. The predicted molar refractivity (Wildman–Crippen MR) is 83.4 cm³/mol. The molecule has 0 saturated carbocycles. The number of nitrogens with one attached hydrogen (secondary N) is 1. The van der Waals surface area contributed by atoms with Crippen molar-refractivity contribution in [2.24, 2.45) is 0 Å². The highest BCUT2D eigenvalue weighted by Crippen LogP contribution is 2.13. The fourth-order valence-electron chi connectivity index (χ4n) is 2.46. The van der Waals surface area contributed by atoms with E-state index < -0.39 is 6.10 Å². The van der Waals surface area contributed by atoms with Gasteiger partial charge in [-0.1, -0.05) is 29.8 Å². The van der Waals surface area contributed by atoms with E-state index in [0.717, 1.165) is 19.4 Å². The van der Waals surface area contributed by atoms with E-state index in [1.165, 1.54) is 11.1 Å². The fraction of sp³-hybridized carbons (Fsp3) is 0.647. The van der Waals surface area contributed by atoms with Gasteiger partial charge in [0.2, 0.25) is 0 Å². The largest absolute Gasteiger partial charge is 0.389 e. The first-order chi connectivity index (χ1) is 10.1. The van der Waals surface area contributed by atoms with E-state index in [9.17, 15) is 5.11 Å². The summed E-state index contributed by atoms with van der Waals surface area (Å²) < 4.78 is 11.0. The Kier molecular flexibility index (Phi) is 6.64. The number of ether oxygens (including phenoxy) is 2. The van der Waals surface area contributed by atoms with Gasteiger partial charge in [0, 0.05) is 19.2 Å². The number of aliphatic hydroxyl groups excluding tert-OH is 1. The molecule has 3 atom stereocenters. The van der Waals surface area contributed by atoms with Gasteiger partial charge in [-0.25, -0.2) is 0 Å². The van der Waals surface area contributed by atoms with Crippen molar-refractivity contribution < 1.29 is 14.6 Å². The van der Waals surface area contributed by atoms with Gasteiger partial charge < -0.3 is 19.9 Å². The van der Waals surface area contributed by atoms with Gasteiger partial charge in [-0.2, -0.15) is 0 Å². The lowest BCUT2D eigenvalue weighted by atomic mass is 10.1. The van der Waals surface area contributed by atoms with Gasteiger partial charge >= 0.3 is 0 Å². The number of aliphatic hydroxyl groups is 1. The number of benzene rings is 1. The quantitative estimate of drug-likeness (QED) is 0.771. The maximum absolute atomic E-state index is 9.93. The molecule has 4 heteroatoms. The summed E-state index contributed by atoms with van der Waals surface area (Å²) in [6.45, 7) is 6.49. The molecule has 1 saturated heterocycles. The second-order valence-corrected chi connectivity index (χ2v) is 5.87. The molecule has 1 heterocycles. The molecule has 1 fully saturated rings. The predicted octanol–water partition coefficient (Wildman–Crippen LogP) is 2.20. The molecule has 0 aromatic heterocycles. The molecule has 21 heavy (non-hydrogen) atoms. The van der Waals surface area contributed by atoms with Crippen molar-refractivity contribution in [1.82, 2.24) is 5.32 Å². The van der Waals surface area contributed by atoms with Crippen LogP contribution in [0.1, 0.15) is 36.9 Å². The van der Waals surface area contributed by atoms with Gasteiger partial charge in [0.05, 0.1) is 25.4 Å². The van der Waals surface area contributed by atoms with Crippen molar-refractivity contribution in [3.63, 3.8) is 0 Å². The summed E-state index contributed by atoms with van der Waals surface area (Å²) in [6, 6.07) is 8.67. The van der Waals surface area contributed by atoms with E-state index in [-0.39, 0.29) is 12.1 Å². The lowest BCUT2D eigenvalue weighted by Crippen LogP contribution is -2.33. The second-order valence-electron chi connectivity index (χ2n) is 5.87. The number of hydrogen-bond acceptors (Lipinski definition) is 4. The van der Waals surface area contributed by atoms with Crippen LogP contribution >= 0.6 is 0 Å². The normalized spacial score (nSPS) is 21.4. The third-order valence-corrected chi connectivity index (χ3v) is 3.87. The maximum Gasteiger partial charge on any atom is 0.0897 e. The number of rotatable bonds is 8. The molecule has 1 aliphatic rings. The summed E-state index contributed by atoms with van der Waals surface area (Å²) in [7, 11) is 0. The molecule has 1 aromatic rings. The molecule has 0 spiro atoms. The van der Waals surface area contributed by atoms with Gasteiger partial charge in [0.1, 0.15) is 0 Å². The molecule has 0 radical (unpaired) electrons. The summed E-state index contributed by atoms with van der Waals surface area (Å²) in [4.78, 5) is 0. The monoisotopic (exact) mass is 293 g/mol. The van der Waals surface area contributed by atoms with Crippen LogP contribution in [0.25, 0.3) is 0 Å². The van der Waals surface area contributed by atoms with Gasteiger partial charge in [0.25, 0.3) is 0 Å². The van der Waals surface area contributed by atoms with E-state index in [1.54, 1.807) is 0 Å². The van der Waals surface area contributed by atoms with Gasteiger partial charge in [-0.05, 0) is 32.3 Å². The van der Waals surface area contributed by atoms with Crippen LogP contribution in [0.4, 0.5) is 0 Å². The Morgan fingerprint density at radius 3 is 2.81 bits per heavy atom. The number of aryl methyl sites for hydroxylation is 1. The van der Waals surface area contributed by atoms with Crippen LogP contribution in [-0.2, 0) is 9.47 Å². The molecule has 0 bridgehead atoms. The van der Waals surface area contributed by atoms with Gasteiger partial charge in [0.15, 0.2) is 0 Å². The summed E-state index contributed by atoms with van der Waals surface area (Å²) >= 11 is 0. The maximum atomic E-state index is 9.93. The fourth-order valence-corrected chi connectivity index (χ4v) is 2.46. The highest BCUT2D eigenvalue weighted by atomic mass is 16.5. The lowest BCUT2D eigenvalue weighted by molar-refractivity contribution is -0.0168. The second kappa shape index (κ2) is 8.49. The molecule has 2 rings (SSSR count). The summed E-state index contributed by atoms with van der Waals surface area (Å²) in [5.41, 5.74) is 2.49. The van der Waals surface area contributed by atoms with E-state index in [4.69, 9.17) is 9.47 Å². The van der Waals surface area contributed by atoms with Crippen LogP contribution in [0.15, 0.2) is 24.3 Å². The molecular formula is C17H27NO3. The Balaban J connectivity index is 1.61. The lowest BCUT2D eigenvalue weighted by Gasteiger charge is -2.18. The third kappa shape index (κ3) is 5.75. The molecule has 1 aliphatic heterocycles. The molecular weight excluding hydrogens is 266 g/mol. The van der Waals surface area contributed by atoms with Crippen LogP contribution in [0.5, 0.6) is 0 Å². The third-order valence-electron chi connectivity index (χ3n) is 3.87. The SMILES string of the molecule is Cc1ccc(C(C)NCC(O)COCC2CCCO2)cc1. The van der Waals surface area contributed by atoms with Gasteiger partial charge in [-0.3, -0.25) is 0 Å². The van der Waals surface area contributed by atoms with Crippen molar-refractivity contribution in [3.05, 3.63) is 35.4 Å². The average Bonchev–Trinajstić information content (AvgIpc) is 2.99. The first-order valence-electron chi connectivity index (χ1n) is 7.82. The summed E-state index contributed by atoms with van der Waals surface area (Å²) in [5, 5.41) is 13.3. The van der Waals surface area contributed by atoms with Crippen LogP contribution in [0.2, 0.25) is 0 Å². The van der Waals surface area contributed by atoms with Crippen LogP contribution in [-0.4, -0.2) is 43.7 Å². The highest BCUT2D eigenvalue weighted by molar-refractivity contribution is 5.23. The first-order valence-corrected chi connectivity index (χ1v) is 7.82. The Bertz CT molecular complexity index is 401. The Morgan fingerprint density at radius 2 is 2.14 bits per heavy atom. The molecule has 0 aliphatic carbocycles. The first kappa shape index (κ1) is 16.4. The van der Waals surface area contributed by atoms with E-state index >= 15 is 0 Å². The molecule has 3 unspecified atom stereocenters. The molecule has 0 amide bonds. The van der Waals surface area contributed by atoms with E-state index in [1.807, 2.05) is 0 Å². The van der Waals surface area contributed by atoms with Crippen molar-refractivity contribution >= 4 is 0 Å². The zero-order valence-corrected chi connectivity index (χ0v) is 13.0. The van der Waals surface area contributed by atoms with E-state index in [0.29, 0.717) is 19.8 Å². The minimum absolute atomic E-state index is 0.219. The topological polar surface area (TPSA) is 50.7 Å².